The third kappa shape index (κ3) is 3.78. The summed E-state index contributed by atoms with van der Waals surface area (Å²) in [6.07, 6.45) is 4.47. The summed E-state index contributed by atoms with van der Waals surface area (Å²) in [6, 6.07) is 4.74. The van der Waals surface area contributed by atoms with Crippen LogP contribution in [0.2, 0.25) is 0 Å². The molecule has 3 N–H and O–H groups in total. The van der Waals surface area contributed by atoms with E-state index in [2.05, 4.69) is 15.6 Å². The van der Waals surface area contributed by atoms with Crippen LogP contribution in [0.3, 0.4) is 0 Å². The molecule has 22 heavy (non-hydrogen) atoms. The number of aromatic nitrogens is 1. The van der Waals surface area contributed by atoms with Crippen LogP contribution in [0.25, 0.3) is 10.9 Å². The van der Waals surface area contributed by atoms with E-state index < -0.39 is 0 Å². The zero-order valence-electron chi connectivity index (χ0n) is 12.3. The maximum absolute atomic E-state index is 13.1. The SMILES string of the molecule is Cl.O=C(NCCc1c[nH]c2cc(F)ccc12)C1CCNCC1. The molecule has 0 radical (unpaired) electrons. The van der Waals surface area contributed by atoms with Gasteiger partial charge in [0.15, 0.2) is 0 Å². The number of carbonyl (C=O) groups excluding carboxylic acids is 1. The molecule has 1 aromatic heterocycles. The summed E-state index contributed by atoms with van der Waals surface area (Å²) in [4.78, 5) is 15.1. The van der Waals surface area contributed by atoms with Gasteiger partial charge < -0.3 is 15.6 Å². The second-order valence-electron chi connectivity index (χ2n) is 5.57. The summed E-state index contributed by atoms with van der Waals surface area (Å²) < 4.78 is 13.1. The Labute approximate surface area is 135 Å². The van der Waals surface area contributed by atoms with E-state index in [1.807, 2.05) is 6.20 Å². The first-order chi connectivity index (χ1) is 10.2. The van der Waals surface area contributed by atoms with Crippen LogP contribution in [0.4, 0.5) is 4.39 Å². The predicted molar refractivity (Wildman–Crippen MR) is 87.8 cm³/mol. The third-order valence-electron chi connectivity index (χ3n) is 4.13. The van der Waals surface area contributed by atoms with E-state index in [0.29, 0.717) is 6.54 Å². The van der Waals surface area contributed by atoms with Gasteiger partial charge in [0.2, 0.25) is 5.91 Å². The van der Waals surface area contributed by atoms with Crippen LogP contribution in [-0.2, 0) is 11.2 Å². The van der Waals surface area contributed by atoms with Crippen molar-refractivity contribution < 1.29 is 9.18 Å². The molecule has 1 fully saturated rings. The fourth-order valence-corrected chi connectivity index (χ4v) is 2.91. The van der Waals surface area contributed by atoms with E-state index in [1.165, 1.54) is 12.1 Å². The quantitative estimate of drug-likeness (QED) is 0.808. The van der Waals surface area contributed by atoms with Crippen molar-refractivity contribution in [3.63, 3.8) is 0 Å². The lowest BCUT2D eigenvalue weighted by Gasteiger charge is -2.21. The minimum Gasteiger partial charge on any atom is -0.361 e. The van der Waals surface area contributed by atoms with Crippen LogP contribution >= 0.6 is 12.4 Å². The van der Waals surface area contributed by atoms with Gasteiger partial charge in [-0.1, -0.05) is 0 Å². The summed E-state index contributed by atoms with van der Waals surface area (Å²) in [7, 11) is 0. The molecular weight excluding hydrogens is 305 g/mol. The van der Waals surface area contributed by atoms with E-state index in [4.69, 9.17) is 0 Å². The van der Waals surface area contributed by atoms with Gasteiger partial charge in [0.25, 0.3) is 0 Å². The lowest BCUT2D eigenvalue weighted by molar-refractivity contribution is -0.125. The smallest absolute Gasteiger partial charge is 0.223 e. The number of hydrogen-bond acceptors (Lipinski definition) is 2. The number of hydrogen-bond donors (Lipinski definition) is 3. The molecule has 2 aromatic rings. The molecule has 4 nitrogen and oxygen atoms in total. The Balaban J connectivity index is 0.00000176. The van der Waals surface area contributed by atoms with Crippen LogP contribution in [0.5, 0.6) is 0 Å². The number of rotatable bonds is 4. The third-order valence-corrected chi connectivity index (χ3v) is 4.13. The first-order valence-electron chi connectivity index (χ1n) is 7.48. The highest BCUT2D eigenvalue weighted by atomic mass is 35.5. The summed E-state index contributed by atoms with van der Waals surface area (Å²) in [6.45, 7) is 2.46. The van der Waals surface area contributed by atoms with Crippen LogP contribution in [0, 0.1) is 11.7 Å². The lowest BCUT2D eigenvalue weighted by Crippen LogP contribution is -2.38. The van der Waals surface area contributed by atoms with Gasteiger partial charge in [-0.2, -0.15) is 0 Å². The molecular formula is C16H21ClFN3O. The van der Waals surface area contributed by atoms with E-state index in [0.717, 1.165) is 48.8 Å². The average Bonchev–Trinajstić information content (AvgIpc) is 2.90. The van der Waals surface area contributed by atoms with Gasteiger partial charge in [-0.15, -0.1) is 12.4 Å². The van der Waals surface area contributed by atoms with Crippen molar-refractivity contribution in [2.24, 2.45) is 5.92 Å². The van der Waals surface area contributed by atoms with Crippen LogP contribution < -0.4 is 10.6 Å². The number of benzene rings is 1. The molecule has 1 saturated heterocycles. The molecule has 0 unspecified atom stereocenters. The Morgan fingerprint density at radius 1 is 1.32 bits per heavy atom. The molecule has 1 amide bonds. The lowest BCUT2D eigenvalue weighted by atomic mass is 9.97. The van der Waals surface area contributed by atoms with Gasteiger partial charge in [0, 0.05) is 29.6 Å². The average molecular weight is 326 g/mol. The molecule has 1 aliphatic rings. The second kappa shape index (κ2) is 7.61. The van der Waals surface area contributed by atoms with Gasteiger partial charge >= 0.3 is 0 Å². The summed E-state index contributed by atoms with van der Waals surface area (Å²) in [5.74, 6) is 0.0563. The highest BCUT2D eigenvalue weighted by Gasteiger charge is 2.20. The Kier molecular flexibility index (Phi) is 5.80. The van der Waals surface area contributed by atoms with Crippen LogP contribution in [0.15, 0.2) is 24.4 Å². The van der Waals surface area contributed by atoms with Gasteiger partial charge in [-0.3, -0.25) is 4.79 Å². The summed E-state index contributed by atoms with van der Waals surface area (Å²) in [5.41, 5.74) is 1.91. The fraction of sp³-hybridized carbons (Fsp3) is 0.438. The van der Waals surface area contributed by atoms with E-state index in [-0.39, 0.29) is 30.0 Å². The summed E-state index contributed by atoms with van der Waals surface area (Å²) in [5, 5.41) is 7.29. The Morgan fingerprint density at radius 3 is 2.86 bits per heavy atom. The molecule has 120 valence electrons. The van der Waals surface area contributed by atoms with Crippen molar-refractivity contribution in [1.82, 2.24) is 15.6 Å². The van der Waals surface area contributed by atoms with Gasteiger partial charge in [0.05, 0.1) is 0 Å². The van der Waals surface area contributed by atoms with Crippen molar-refractivity contribution >= 4 is 29.2 Å². The largest absolute Gasteiger partial charge is 0.361 e. The molecule has 0 saturated carbocycles. The van der Waals surface area contributed by atoms with Crippen molar-refractivity contribution in [3.8, 4) is 0 Å². The number of H-pyrrole nitrogens is 1. The van der Waals surface area contributed by atoms with Gasteiger partial charge in [-0.25, -0.2) is 4.39 Å². The van der Waals surface area contributed by atoms with Gasteiger partial charge in [0.1, 0.15) is 5.82 Å². The normalized spacial score (nSPS) is 15.5. The predicted octanol–water partition coefficient (Wildman–Crippen LogP) is 2.39. The van der Waals surface area contributed by atoms with Crippen molar-refractivity contribution in [3.05, 3.63) is 35.8 Å². The van der Waals surface area contributed by atoms with Crippen molar-refractivity contribution in [2.75, 3.05) is 19.6 Å². The molecule has 1 aliphatic heterocycles. The number of amides is 1. The van der Waals surface area contributed by atoms with Crippen molar-refractivity contribution in [1.29, 1.82) is 0 Å². The highest BCUT2D eigenvalue weighted by Crippen LogP contribution is 2.19. The van der Waals surface area contributed by atoms with Gasteiger partial charge in [-0.05, 0) is 56.1 Å². The molecule has 0 aliphatic carbocycles. The number of nitrogens with one attached hydrogen (secondary N) is 3. The number of carbonyl (C=O) groups is 1. The minimum atomic E-state index is -0.241. The monoisotopic (exact) mass is 325 g/mol. The zero-order chi connectivity index (χ0) is 14.7. The number of piperidine rings is 1. The first kappa shape index (κ1) is 16.8. The molecule has 0 bridgehead atoms. The fourth-order valence-electron chi connectivity index (χ4n) is 2.91. The second-order valence-corrected chi connectivity index (χ2v) is 5.57. The van der Waals surface area contributed by atoms with E-state index in [1.54, 1.807) is 6.07 Å². The Hall–Kier alpha value is -1.59. The Morgan fingerprint density at radius 2 is 2.09 bits per heavy atom. The topological polar surface area (TPSA) is 56.9 Å². The number of fused-ring (bicyclic) bond motifs is 1. The zero-order valence-corrected chi connectivity index (χ0v) is 13.1. The minimum absolute atomic E-state index is 0. The first-order valence-corrected chi connectivity index (χ1v) is 7.48. The van der Waals surface area contributed by atoms with E-state index in [9.17, 15) is 9.18 Å². The maximum atomic E-state index is 13.1. The standard InChI is InChI=1S/C16H20FN3O.ClH/c17-13-1-2-14-12(10-20-15(14)9-13)5-8-19-16(21)11-3-6-18-7-4-11;/h1-2,9-11,18,20H,3-8H2,(H,19,21);1H. The molecule has 2 heterocycles. The highest BCUT2D eigenvalue weighted by molar-refractivity contribution is 5.85. The Bertz CT molecular complexity index is 637. The van der Waals surface area contributed by atoms with Crippen LogP contribution in [-0.4, -0.2) is 30.5 Å². The number of aromatic amines is 1. The summed E-state index contributed by atoms with van der Waals surface area (Å²) >= 11 is 0. The maximum Gasteiger partial charge on any atom is 0.223 e. The molecule has 3 rings (SSSR count). The van der Waals surface area contributed by atoms with E-state index >= 15 is 0 Å². The van der Waals surface area contributed by atoms with Crippen LogP contribution in [0.1, 0.15) is 18.4 Å². The molecule has 0 spiro atoms. The van der Waals surface area contributed by atoms with Crippen molar-refractivity contribution in [2.45, 2.75) is 19.3 Å². The molecule has 0 atom stereocenters. The number of halogens is 2. The molecule has 1 aromatic carbocycles. The molecule has 6 heteroatoms.